The maximum atomic E-state index is 6.11. The zero-order valence-electron chi connectivity index (χ0n) is 8.84. The Balaban J connectivity index is 2.22. The summed E-state index contributed by atoms with van der Waals surface area (Å²) >= 11 is 6.11. The van der Waals surface area contributed by atoms with Crippen molar-refractivity contribution in [1.82, 2.24) is 15.0 Å². The minimum absolute atomic E-state index is 0.621. The van der Waals surface area contributed by atoms with Crippen molar-refractivity contribution in [2.75, 3.05) is 0 Å². The predicted molar refractivity (Wildman–Crippen MR) is 67.8 cm³/mol. The summed E-state index contributed by atoms with van der Waals surface area (Å²) in [5.41, 5.74) is 1.65. The van der Waals surface area contributed by atoms with E-state index in [9.17, 15) is 0 Å². The van der Waals surface area contributed by atoms with Crippen LogP contribution in [0.2, 0.25) is 5.02 Å². The predicted octanol–water partition coefficient (Wildman–Crippen LogP) is 3.35. The second-order valence-corrected chi connectivity index (χ2v) is 4.02. The summed E-state index contributed by atoms with van der Waals surface area (Å²) in [5.74, 6) is 0.621. The number of nitrogens with zero attached hydrogens (tertiary/aromatic N) is 3. The van der Waals surface area contributed by atoms with Crippen LogP contribution in [0.3, 0.4) is 0 Å². The molecule has 0 atom stereocenters. The van der Waals surface area contributed by atoms with Gasteiger partial charge >= 0.3 is 0 Å². The van der Waals surface area contributed by atoms with Gasteiger partial charge in [0.2, 0.25) is 0 Å². The molecule has 0 aliphatic rings. The van der Waals surface area contributed by atoms with E-state index in [1.165, 1.54) is 0 Å². The van der Waals surface area contributed by atoms with Crippen LogP contribution in [0.5, 0.6) is 0 Å². The molecule has 2 aromatic heterocycles. The summed E-state index contributed by atoms with van der Waals surface area (Å²) in [4.78, 5) is 12.8. The molecule has 0 aliphatic heterocycles. The van der Waals surface area contributed by atoms with E-state index in [4.69, 9.17) is 11.6 Å². The standard InChI is InChI=1S/C13H8ClN3/c14-11-4-2-1-3-10(11)13-16-7-9-5-6-15-8-12(9)17-13/h1-8H. The molecule has 0 amide bonds. The molecule has 1 aromatic carbocycles. The highest BCUT2D eigenvalue weighted by molar-refractivity contribution is 6.33. The molecule has 0 bridgehead atoms. The molecule has 0 radical (unpaired) electrons. The average molecular weight is 242 g/mol. The van der Waals surface area contributed by atoms with Crippen molar-refractivity contribution in [2.45, 2.75) is 0 Å². The maximum Gasteiger partial charge on any atom is 0.161 e. The number of aromatic nitrogens is 3. The highest BCUT2D eigenvalue weighted by atomic mass is 35.5. The van der Waals surface area contributed by atoms with Gasteiger partial charge < -0.3 is 0 Å². The summed E-state index contributed by atoms with van der Waals surface area (Å²) < 4.78 is 0. The van der Waals surface area contributed by atoms with Crippen molar-refractivity contribution in [3.8, 4) is 11.4 Å². The van der Waals surface area contributed by atoms with Gasteiger partial charge in [-0.2, -0.15) is 0 Å². The molecule has 0 fully saturated rings. The van der Waals surface area contributed by atoms with Crippen molar-refractivity contribution >= 4 is 22.5 Å². The fraction of sp³-hybridized carbons (Fsp3) is 0. The Kier molecular flexibility index (Phi) is 2.46. The zero-order valence-corrected chi connectivity index (χ0v) is 9.59. The van der Waals surface area contributed by atoms with Crippen molar-refractivity contribution in [1.29, 1.82) is 0 Å². The minimum atomic E-state index is 0.621. The van der Waals surface area contributed by atoms with Crippen LogP contribution in [0.4, 0.5) is 0 Å². The van der Waals surface area contributed by atoms with E-state index in [-0.39, 0.29) is 0 Å². The Hall–Kier alpha value is -2.00. The van der Waals surface area contributed by atoms with Crippen LogP contribution < -0.4 is 0 Å². The van der Waals surface area contributed by atoms with Crippen LogP contribution in [0, 0.1) is 0 Å². The van der Waals surface area contributed by atoms with Gasteiger partial charge in [0, 0.05) is 23.3 Å². The van der Waals surface area contributed by atoms with Gasteiger partial charge in [-0.3, -0.25) is 4.98 Å². The maximum absolute atomic E-state index is 6.11. The lowest BCUT2D eigenvalue weighted by atomic mass is 10.2. The van der Waals surface area contributed by atoms with Crippen LogP contribution in [-0.2, 0) is 0 Å². The van der Waals surface area contributed by atoms with Crippen molar-refractivity contribution < 1.29 is 0 Å². The van der Waals surface area contributed by atoms with E-state index in [0.29, 0.717) is 10.8 Å². The normalized spacial score (nSPS) is 10.6. The minimum Gasteiger partial charge on any atom is -0.262 e. The first-order valence-electron chi connectivity index (χ1n) is 5.16. The first kappa shape index (κ1) is 10.2. The van der Waals surface area contributed by atoms with E-state index in [1.54, 1.807) is 18.6 Å². The molecule has 2 heterocycles. The number of fused-ring (bicyclic) bond motifs is 1. The number of hydrogen-bond acceptors (Lipinski definition) is 3. The Morgan fingerprint density at radius 1 is 1.00 bits per heavy atom. The number of halogens is 1. The van der Waals surface area contributed by atoms with Crippen molar-refractivity contribution in [2.24, 2.45) is 0 Å². The highest BCUT2D eigenvalue weighted by Gasteiger charge is 2.06. The van der Waals surface area contributed by atoms with Crippen molar-refractivity contribution in [3.63, 3.8) is 0 Å². The Labute approximate surface area is 103 Å². The smallest absolute Gasteiger partial charge is 0.161 e. The third-order valence-corrected chi connectivity index (χ3v) is 2.83. The number of hydrogen-bond donors (Lipinski definition) is 0. The van der Waals surface area contributed by atoms with Gasteiger partial charge in [-0.25, -0.2) is 9.97 Å². The molecule has 0 N–H and O–H groups in total. The lowest BCUT2D eigenvalue weighted by molar-refractivity contribution is 1.21. The molecular weight excluding hydrogens is 234 g/mol. The average Bonchev–Trinajstić information content (AvgIpc) is 2.39. The number of rotatable bonds is 1. The molecular formula is C13H8ClN3. The lowest BCUT2D eigenvalue weighted by Crippen LogP contribution is -1.90. The molecule has 17 heavy (non-hydrogen) atoms. The molecule has 3 nitrogen and oxygen atoms in total. The fourth-order valence-corrected chi connectivity index (χ4v) is 1.87. The van der Waals surface area contributed by atoms with E-state index in [0.717, 1.165) is 16.5 Å². The van der Waals surface area contributed by atoms with Gasteiger partial charge in [-0.15, -0.1) is 0 Å². The summed E-state index contributed by atoms with van der Waals surface area (Å²) in [7, 11) is 0. The second-order valence-electron chi connectivity index (χ2n) is 3.61. The van der Waals surface area contributed by atoms with Crippen LogP contribution in [0.25, 0.3) is 22.3 Å². The topological polar surface area (TPSA) is 38.7 Å². The molecule has 0 saturated heterocycles. The quantitative estimate of drug-likeness (QED) is 0.656. The molecule has 4 heteroatoms. The van der Waals surface area contributed by atoms with Gasteiger partial charge in [0.15, 0.2) is 5.82 Å². The summed E-state index contributed by atoms with van der Waals surface area (Å²) in [6.45, 7) is 0. The first-order valence-corrected chi connectivity index (χ1v) is 5.54. The SMILES string of the molecule is Clc1ccccc1-c1ncc2ccncc2n1. The van der Waals surface area contributed by atoms with Crippen LogP contribution in [0.1, 0.15) is 0 Å². The molecule has 0 unspecified atom stereocenters. The second kappa shape index (κ2) is 4.11. The van der Waals surface area contributed by atoms with Gasteiger partial charge in [-0.05, 0) is 18.2 Å². The van der Waals surface area contributed by atoms with Crippen molar-refractivity contribution in [3.05, 3.63) is 53.9 Å². The Morgan fingerprint density at radius 3 is 2.76 bits per heavy atom. The first-order chi connectivity index (χ1) is 8.34. The zero-order chi connectivity index (χ0) is 11.7. The summed E-state index contributed by atoms with van der Waals surface area (Å²) in [6.07, 6.45) is 5.22. The Morgan fingerprint density at radius 2 is 1.88 bits per heavy atom. The van der Waals surface area contributed by atoms with E-state index >= 15 is 0 Å². The van der Waals surface area contributed by atoms with E-state index in [2.05, 4.69) is 15.0 Å². The van der Waals surface area contributed by atoms with Crippen LogP contribution >= 0.6 is 11.6 Å². The lowest BCUT2D eigenvalue weighted by Gasteiger charge is -2.03. The van der Waals surface area contributed by atoms with Gasteiger partial charge in [0.25, 0.3) is 0 Å². The van der Waals surface area contributed by atoms with E-state index < -0.39 is 0 Å². The summed E-state index contributed by atoms with van der Waals surface area (Å²) in [5, 5.41) is 1.62. The molecule has 3 rings (SSSR count). The molecule has 82 valence electrons. The fourth-order valence-electron chi connectivity index (χ4n) is 1.65. The number of benzene rings is 1. The highest BCUT2D eigenvalue weighted by Crippen LogP contribution is 2.25. The number of pyridine rings is 1. The third kappa shape index (κ3) is 1.85. The van der Waals surface area contributed by atoms with Gasteiger partial charge in [0.1, 0.15) is 0 Å². The Bertz CT molecular complexity index is 682. The summed E-state index contributed by atoms with van der Waals surface area (Å²) in [6, 6.07) is 9.41. The van der Waals surface area contributed by atoms with Crippen LogP contribution in [-0.4, -0.2) is 15.0 Å². The van der Waals surface area contributed by atoms with Gasteiger partial charge in [-0.1, -0.05) is 23.7 Å². The molecule has 0 aliphatic carbocycles. The molecule has 3 aromatic rings. The molecule has 0 saturated carbocycles. The van der Waals surface area contributed by atoms with E-state index in [1.807, 2.05) is 30.3 Å². The molecule has 0 spiro atoms. The van der Waals surface area contributed by atoms with Gasteiger partial charge in [0.05, 0.1) is 16.7 Å². The van der Waals surface area contributed by atoms with Crippen LogP contribution in [0.15, 0.2) is 48.9 Å². The monoisotopic (exact) mass is 241 g/mol. The largest absolute Gasteiger partial charge is 0.262 e. The third-order valence-electron chi connectivity index (χ3n) is 2.50.